The number of allylic oxidation sites excluding steroid dienone is 1. The number of hydrogen-bond donors (Lipinski definition) is 1. The fraction of sp³-hybridized carbons (Fsp3) is 0.778. The van der Waals surface area contributed by atoms with Crippen molar-refractivity contribution in [1.82, 2.24) is 5.32 Å². The summed E-state index contributed by atoms with van der Waals surface area (Å²) in [5.41, 5.74) is 2.07. The van der Waals surface area contributed by atoms with Crippen molar-refractivity contribution in [2.45, 2.75) is 77.3 Å². The fourth-order valence-electron chi connectivity index (χ4n) is 4.21. The molecule has 1 aliphatic carbocycles. The molecular weight excluding hydrogens is 230 g/mol. The second-order valence-corrected chi connectivity index (χ2v) is 7.93. The van der Waals surface area contributed by atoms with Crippen LogP contribution < -0.4 is 5.32 Å². The predicted molar refractivity (Wildman–Crippen MR) is 84.3 cm³/mol. The van der Waals surface area contributed by atoms with Crippen LogP contribution in [0.1, 0.15) is 66.2 Å². The summed E-state index contributed by atoms with van der Waals surface area (Å²) in [6.07, 6.45) is 12.7. The number of nitrogens with one attached hydrogen (secondary N) is 1. The first-order valence-electron chi connectivity index (χ1n) is 7.92. The smallest absolute Gasteiger partial charge is 0.0314 e. The van der Waals surface area contributed by atoms with E-state index >= 15 is 0 Å². The Morgan fingerprint density at radius 1 is 1.21 bits per heavy atom. The van der Waals surface area contributed by atoms with Gasteiger partial charge in [-0.05, 0) is 78.1 Å². The molecule has 1 saturated carbocycles. The highest BCUT2D eigenvalue weighted by atomic mass is 15.0. The Labute approximate surface area is 119 Å². The van der Waals surface area contributed by atoms with Gasteiger partial charge in [-0.2, -0.15) is 0 Å². The van der Waals surface area contributed by atoms with Crippen LogP contribution in [0.5, 0.6) is 0 Å². The van der Waals surface area contributed by atoms with Crippen LogP contribution >= 0.6 is 0 Å². The molecule has 0 radical (unpaired) electrons. The first-order valence-corrected chi connectivity index (χ1v) is 7.92. The molecule has 0 atom stereocenters. The molecule has 1 heteroatoms. The maximum absolute atomic E-state index is 3.94. The van der Waals surface area contributed by atoms with Gasteiger partial charge in [0, 0.05) is 11.1 Å². The van der Waals surface area contributed by atoms with Gasteiger partial charge in [-0.25, -0.2) is 0 Å². The molecule has 1 aliphatic heterocycles. The van der Waals surface area contributed by atoms with Crippen molar-refractivity contribution in [2.24, 2.45) is 11.8 Å². The van der Waals surface area contributed by atoms with Gasteiger partial charge in [0.1, 0.15) is 0 Å². The predicted octanol–water partition coefficient (Wildman–Crippen LogP) is 4.85. The molecule has 19 heavy (non-hydrogen) atoms. The van der Waals surface area contributed by atoms with Crippen molar-refractivity contribution in [1.29, 1.82) is 0 Å². The second kappa shape index (κ2) is 5.44. The molecule has 0 aromatic rings. The SMILES string of the molecule is C=CC1CCC(CC2=CC(C)(C)NC(C)(C)C2)CC1. The van der Waals surface area contributed by atoms with E-state index in [1.807, 2.05) is 0 Å². The summed E-state index contributed by atoms with van der Waals surface area (Å²) >= 11 is 0. The lowest BCUT2D eigenvalue weighted by Crippen LogP contribution is -2.54. The highest BCUT2D eigenvalue weighted by Gasteiger charge is 2.33. The molecule has 2 aliphatic rings. The summed E-state index contributed by atoms with van der Waals surface area (Å²) in [5, 5.41) is 3.73. The summed E-state index contributed by atoms with van der Waals surface area (Å²) in [6, 6.07) is 0. The molecule has 0 spiro atoms. The molecule has 1 fully saturated rings. The molecular formula is C18H31N. The number of hydrogen-bond acceptors (Lipinski definition) is 1. The van der Waals surface area contributed by atoms with Gasteiger partial charge < -0.3 is 5.32 Å². The van der Waals surface area contributed by atoms with Gasteiger partial charge in [0.05, 0.1) is 0 Å². The summed E-state index contributed by atoms with van der Waals surface area (Å²) in [5.74, 6) is 1.69. The Hall–Kier alpha value is -0.560. The van der Waals surface area contributed by atoms with Gasteiger partial charge >= 0.3 is 0 Å². The van der Waals surface area contributed by atoms with Gasteiger partial charge in [-0.1, -0.05) is 17.7 Å². The molecule has 1 heterocycles. The molecule has 2 rings (SSSR count). The van der Waals surface area contributed by atoms with Crippen LogP contribution in [0.2, 0.25) is 0 Å². The van der Waals surface area contributed by atoms with Crippen LogP contribution in [0.25, 0.3) is 0 Å². The van der Waals surface area contributed by atoms with Gasteiger partial charge in [0.2, 0.25) is 0 Å². The van der Waals surface area contributed by atoms with E-state index in [2.05, 4.69) is 51.7 Å². The van der Waals surface area contributed by atoms with E-state index in [9.17, 15) is 0 Å². The van der Waals surface area contributed by atoms with Crippen LogP contribution in [-0.2, 0) is 0 Å². The average molecular weight is 261 g/mol. The molecule has 0 amide bonds. The fourth-order valence-corrected chi connectivity index (χ4v) is 4.21. The Morgan fingerprint density at radius 3 is 2.37 bits per heavy atom. The zero-order valence-electron chi connectivity index (χ0n) is 13.3. The molecule has 0 unspecified atom stereocenters. The van der Waals surface area contributed by atoms with Gasteiger partial charge in [-0.3, -0.25) is 0 Å². The van der Waals surface area contributed by atoms with E-state index in [0.29, 0.717) is 0 Å². The van der Waals surface area contributed by atoms with Crippen LogP contribution in [0.15, 0.2) is 24.3 Å². The van der Waals surface area contributed by atoms with Crippen molar-refractivity contribution >= 4 is 0 Å². The minimum Gasteiger partial charge on any atom is -0.303 e. The van der Waals surface area contributed by atoms with Crippen LogP contribution in [0.3, 0.4) is 0 Å². The van der Waals surface area contributed by atoms with Gasteiger partial charge in [0.15, 0.2) is 0 Å². The van der Waals surface area contributed by atoms with Crippen molar-refractivity contribution in [3.05, 3.63) is 24.3 Å². The maximum Gasteiger partial charge on any atom is 0.0314 e. The summed E-state index contributed by atoms with van der Waals surface area (Å²) in [7, 11) is 0. The van der Waals surface area contributed by atoms with Crippen molar-refractivity contribution in [2.75, 3.05) is 0 Å². The molecule has 1 nitrogen and oxygen atoms in total. The Kier molecular flexibility index (Phi) is 4.25. The van der Waals surface area contributed by atoms with Gasteiger partial charge in [0.25, 0.3) is 0 Å². The van der Waals surface area contributed by atoms with E-state index in [1.54, 1.807) is 5.57 Å². The van der Waals surface area contributed by atoms with Crippen LogP contribution in [0.4, 0.5) is 0 Å². The largest absolute Gasteiger partial charge is 0.303 e. The Balaban J connectivity index is 1.95. The summed E-state index contributed by atoms with van der Waals surface area (Å²) in [4.78, 5) is 0. The second-order valence-electron chi connectivity index (χ2n) is 7.93. The lowest BCUT2D eigenvalue weighted by Gasteiger charge is -2.42. The van der Waals surface area contributed by atoms with Crippen LogP contribution in [0, 0.1) is 11.8 Å². The molecule has 0 bridgehead atoms. The van der Waals surface area contributed by atoms with Crippen molar-refractivity contribution in [3.63, 3.8) is 0 Å². The van der Waals surface area contributed by atoms with Crippen molar-refractivity contribution in [3.8, 4) is 0 Å². The van der Waals surface area contributed by atoms with E-state index in [0.717, 1.165) is 11.8 Å². The van der Waals surface area contributed by atoms with E-state index < -0.39 is 0 Å². The Morgan fingerprint density at radius 2 is 1.84 bits per heavy atom. The van der Waals surface area contributed by atoms with E-state index in [-0.39, 0.29) is 11.1 Å². The third kappa shape index (κ3) is 4.21. The minimum absolute atomic E-state index is 0.148. The Bertz CT molecular complexity index is 354. The van der Waals surface area contributed by atoms with E-state index in [1.165, 1.54) is 38.5 Å². The lowest BCUT2D eigenvalue weighted by molar-refractivity contribution is 0.261. The molecule has 0 aromatic carbocycles. The zero-order chi connectivity index (χ0) is 14.1. The number of rotatable bonds is 3. The molecule has 0 saturated heterocycles. The summed E-state index contributed by atoms with van der Waals surface area (Å²) < 4.78 is 0. The topological polar surface area (TPSA) is 12.0 Å². The third-order valence-electron chi connectivity index (χ3n) is 4.67. The lowest BCUT2D eigenvalue weighted by atomic mass is 9.75. The molecule has 0 aromatic heterocycles. The quantitative estimate of drug-likeness (QED) is 0.716. The molecule has 1 N–H and O–H groups in total. The van der Waals surface area contributed by atoms with Crippen molar-refractivity contribution < 1.29 is 0 Å². The van der Waals surface area contributed by atoms with Gasteiger partial charge in [-0.15, -0.1) is 6.58 Å². The average Bonchev–Trinajstić information content (AvgIpc) is 2.25. The highest BCUT2D eigenvalue weighted by molar-refractivity contribution is 5.21. The maximum atomic E-state index is 3.94. The first kappa shape index (κ1) is 14.8. The normalized spacial score (nSPS) is 33.6. The first-order chi connectivity index (χ1) is 8.80. The minimum atomic E-state index is 0.148. The van der Waals surface area contributed by atoms with Crippen LogP contribution in [-0.4, -0.2) is 11.1 Å². The third-order valence-corrected chi connectivity index (χ3v) is 4.67. The molecule has 108 valence electrons. The standard InChI is InChI=1S/C18H31N/c1-6-14-7-9-15(10-8-14)11-16-12-17(2,3)19-18(4,5)13-16/h6,12,14-15,19H,1,7-11,13H2,2-5H3. The zero-order valence-corrected chi connectivity index (χ0v) is 13.3. The summed E-state index contributed by atoms with van der Waals surface area (Å²) in [6.45, 7) is 13.2. The highest BCUT2D eigenvalue weighted by Crippen LogP contribution is 2.37. The monoisotopic (exact) mass is 261 g/mol. The van der Waals surface area contributed by atoms with E-state index in [4.69, 9.17) is 0 Å².